The average molecular weight is 373 g/mol. The van der Waals surface area contributed by atoms with E-state index in [1.165, 1.54) is 16.7 Å². The standard InChI is InChI=1S/C19H23N3O3S/c1-14-4-3-5-15(10-14)11-20-18-7-6-16(12-21-18)19(23)22(2)17-8-9-26(24,25)13-17/h3-7,10,12,17H,8-9,11,13H2,1-2H3,(H,20,21). The zero-order valence-corrected chi connectivity index (χ0v) is 15.8. The van der Waals surface area contributed by atoms with E-state index in [9.17, 15) is 13.2 Å². The van der Waals surface area contributed by atoms with Gasteiger partial charge in [0.05, 0.1) is 17.1 Å². The maximum atomic E-state index is 12.5. The Morgan fingerprint density at radius 3 is 2.73 bits per heavy atom. The van der Waals surface area contributed by atoms with Crippen molar-refractivity contribution >= 4 is 21.6 Å². The van der Waals surface area contributed by atoms with Gasteiger partial charge in [0.25, 0.3) is 5.91 Å². The van der Waals surface area contributed by atoms with Gasteiger partial charge in [-0.15, -0.1) is 0 Å². The first-order valence-corrected chi connectivity index (χ1v) is 10.4. The predicted molar refractivity (Wildman–Crippen MR) is 102 cm³/mol. The molecule has 0 saturated carbocycles. The van der Waals surface area contributed by atoms with Crippen LogP contribution in [0.15, 0.2) is 42.6 Å². The maximum absolute atomic E-state index is 12.5. The van der Waals surface area contributed by atoms with Crippen molar-refractivity contribution in [2.45, 2.75) is 25.9 Å². The molecule has 6 nitrogen and oxygen atoms in total. The van der Waals surface area contributed by atoms with Crippen LogP contribution in [-0.4, -0.2) is 48.8 Å². The Hall–Kier alpha value is -2.41. The molecule has 1 saturated heterocycles. The minimum absolute atomic E-state index is 0.0405. The average Bonchev–Trinajstić information content (AvgIpc) is 2.99. The molecule has 1 amide bonds. The van der Waals surface area contributed by atoms with E-state index in [-0.39, 0.29) is 23.5 Å². The number of pyridine rings is 1. The van der Waals surface area contributed by atoms with E-state index in [2.05, 4.69) is 16.4 Å². The molecule has 1 aromatic heterocycles. The van der Waals surface area contributed by atoms with E-state index < -0.39 is 9.84 Å². The van der Waals surface area contributed by atoms with Gasteiger partial charge in [0.1, 0.15) is 5.82 Å². The SMILES string of the molecule is Cc1cccc(CNc2ccc(C(=O)N(C)C3CCS(=O)(=O)C3)cn2)c1. The van der Waals surface area contributed by atoms with Gasteiger partial charge in [-0.3, -0.25) is 4.79 Å². The van der Waals surface area contributed by atoms with Gasteiger partial charge < -0.3 is 10.2 Å². The van der Waals surface area contributed by atoms with Crippen molar-refractivity contribution in [3.8, 4) is 0 Å². The minimum atomic E-state index is -3.02. The lowest BCUT2D eigenvalue weighted by molar-refractivity contribution is 0.0747. The summed E-state index contributed by atoms with van der Waals surface area (Å²) in [4.78, 5) is 18.4. The Labute approximate surface area is 154 Å². The molecular weight excluding hydrogens is 350 g/mol. The molecule has 1 fully saturated rings. The number of nitrogens with one attached hydrogen (secondary N) is 1. The van der Waals surface area contributed by atoms with Crippen LogP contribution in [0.1, 0.15) is 27.9 Å². The molecule has 1 N–H and O–H groups in total. The Bertz CT molecular complexity index is 895. The van der Waals surface area contributed by atoms with E-state index in [0.29, 0.717) is 24.3 Å². The summed E-state index contributed by atoms with van der Waals surface area (Å²) in [7, 11) is -1.37. The lowest BCUT2D eigenvalue weighted by Gasteiger charge is -2.23. The Morgan fingerprint density at radius 1 is 1.31 bits per heavy atom. The van der Waals surface area contributed by atoms with Crippen LogP contribution in [0.5, 0.6) is 0 Å². The molecule has 1 aliphatic rings. The van der Waals surface area contributed by atoms with E-state index in [0.717, 1.165) is 5.56 Å². The zero-order chi connectivity index (χ0) is 18.7. The summed E-state index contributed by atoms with van der Waals surface area (Å²) in [5.41, 5.74) is 2.82. The van der Waals surface area contributed by atoms with Crippen molar-refractivity contribution in [2.75, 3.05) is 23.9 Å². The Kier molecular flexibility index (Phi) is 5.27. The van der Waals surface area contributed by atoms with Crippen LogP contribution in [0, 0.1) is 6.92 Å². The molecule has 0 bridgehead atoms. The van der Waals surface area contributed by atoms with E-state index in [1.807, 2.05) is 25.1 Å². The van der Waals surface area contributed by atoms with Crippen molar-refractivity contribution in [3.05, 3.63) is 59.3 Å². The molecule has 0 radical (unpaired) electrons. The van der Waals surface area contributed by atoms with Crippen LogP contribution in [0.3, 0.4) is 0 Å². The van der Waals surface area contributed by atoms with E-state index in [1.54, 1.807) is 19.2 Å². The number of aromatic nitrogens is 1. The molecule has 0 spiro atoms. The number of anilines is 1. The Morgan fingerprint density at radius 2 is 2.12 bits per heavy atom. The second-order valence-electron chi connectivity index (χ2n) is 6.75. The summed E-state index contributed by atoms with van der Waals surface area (Å²) in [5.74, 6) is 0.674. The fraction of sp³-hybridized carbons (Fsp3) is 0.368. The number of rotatable bonds is 5. The summed E-state index contributed by atoms with van der Waals surface area (Å²) >= 11 is 0. The highest BCUT2D eigenvalue weighted by atomic mass is 32.2. The van der Waals surface area contributed by atoms with Crippen LogP contribution in [0.2, 0.25) is 0 Å². The predicted octanol–water partition coefficient (Wildman–Crippen LogP) is 2.26. The number of aryl methyl sites for hydroxylation is 1. The summed E-state index contributed by atoms with van der Waals surface area (Å²) in [6.45, 7) is 2.70. The molecule has 1 atom stereocenters. The zero-order valence-electron chi connectivity index (χ0n) is 15.0. The van der Waals surface area contributed by atoms with Gasteiger partial charge in [0.2, 0.25) is 0 Å². The maximum Gasteiger partial charge on any atom is 0.255 e. The molecule has 1 unspecified atom stereocenters. The van der Waals surface area contributed by atoms with Gasteiger partial charge in [0.15, 0.2) is 9.84 Å². The van der Waals surface area contributed by atoms with Gasteiger partial charge in [-0.25, -0.2) is 13.4 Å². The van der Waals surface area contributed by atoms with Crippen LogP contribution in [0.4, 0.5) is 5.82 Å². The summed E-state index contributed by atoms with van der Waals surface area (Å²) in [6, 6.07) is 11.4. The number of carbonyl (C=O) groups excluding carboxylic acids is 1. The highest BCUT2D eigenvalue weighted by Crippen LogP contribution is 2.19. The number of amides is 1. The quantitative estimate of drug-likeness (QED) is 0.870. The molecule has 138 valence electrons. The van der Waals surface area contributed by atoms with Gasteiger partial charge in [0, 0.05) is 25.8 Å². The molecular formula is C19H23N3O3S. The highest BCUT2D eigenvalue weighted by Gasteiger charge is 2.33. The first kappa shape index (κ1) is 18.4. The fourth-order valence-electron chi connectivity index (χ4n) is 3.09. The number of sulfone groups is 1. The number of hydrogen-bond donors (Lipinski definition) is 1. The lowest BCUT2D eigenvalue weighted by Crippen LogP contribution is -2.37. The van der Waals surface area contributed by atoms with Crippen molar-refractivity contribution in [2.24, 2.45) is 0 Å². The number of hydrogen-bond acceptors (Lipinski definition) is 5. The fourth-order valence-corrected chi connectivity index (χ4v) is 4.86. The molecule has 7 heteroatoms. The second kappa shape index (κ2) is 7.45. The summed E-state index contributed by atoms with van der Waals surface area (Å²) in [5, 5.41) is 3.23. The monoisotopic (exact) mass is 373 g/mol. The topological polar surface area (TPSA) is 79.4 Å². The van der Waals surface area contributed by atoms with Crippen LogP contribution >= 0.6 is 0 Å². The summed E-state index contributed by atoms with van der Waals surface area (Å²) < 4.78 is 23.2. The first-order valence-electron chi connectivity index (χ1n) is 8.57. The van der Waals surface area contributed by atoms with Crippen molar-refractivity contribution in [3.63, 3.8) is 0 Å². The third-order valence-corrected chi connectivity index (χ3v) is 6.39. The summed E-state index contributed by atoms with van der Waals surface area (Å²) in [6.07, 6.45) is 2.02. The number of nitrogens with zero attached hydrogens (tertiary/aromatic N) is 2. The second-order valence-corrected chi connectivity index (χ2v) is 8.98. The van der Waals surface area contributed by atoms with Crippen molar-refractivity contribution in [1.29, 1.82) is 0 Å². The molecule has 1 aromatic carbocycles. The van der Waals surface area contributed by atoms with Gasteiger partial charge in [-0.1, -0.05) is 29.8 Å². The van der Waals surface area contributed by atoms with Gasteiger partial charge in [-0.2, -0.15) is 0 Å². The van der Waals surface area contributed by atoms with Crippen LogP contribution in [-0.2, 0) is 16.4 Å². The van der Waals surface area contributed by atoms with E-state index in [4.69, 9.17) is 0 Å². The van der Waals surface area contributed by atoms with Gasteiger partial charge in [-0.05, 0) is 31.0 Å². The molecule has 2 aromatic rings. The largest absolute Gasteiger partial charge is 0.366 e. The number of carbonyl (C=O) groups is 1. The lowest BCUT2D eigenvalue weighted by atomic mass is 10.1. The highest BCUT2D eigenvalue weighted by molar-refractivity contribution is 7.91. The molecule has 1 aliphatic heterocycles. The number of benzene rings is 1. The molecule has 0 aliphatic carbocycles. The van der Waals surface area contributed by atoms with Crippen LogP contribution in [0.25, 0.3) is 0 Å². The van der Waals surface area contributed by atoms with Crippen molar-refractivity contribution < 1.29 is 13.2 Å². The smallest absolute Gasteiger partial charge is 0.255 e. The Balaban J connectivity index is 1.61. The van der Waals surface area contributed by atoms with Crippen LogP contribution < -0.4 is 5.32 Å². The molecule has 2 heterocycles. The normalized spacial score (nSPS) is 18.5. The van der Waals surface area contributed by atoms with Crippen molar-refractivity contribution in [1.82, 2.24) is 9.88 Å². The third-order valence-electron chi connectivity index (χ3n) is 4.64. The first-order chi connectivity index (χ1) is 12.3. The third kappa shape index (κ3) is 4.40. The van der Waals surface area contributed by atoms with E-state index >= 15 is 0 Å². The minimum Gasteiger partial charge on any atom is -0.366 e. The van der Waals surface area contributed by atoms with Gasteiger partial charge >= 0.3 is 0 Å². The molecule has 26 heavy (non-hydrogen) atoms. The molecule has 3 rings (SSSR count).